The van der Waals surface area contributed by atoms with Gasteiger partial charge >= 0.3 is 29.2 Å². The van der Waals surface area contributed by atoms with Crippen molar-refractivity contribution >= 4 is 35.7 Å². The van der Waals surface area contributed by atoms with Crippen molar-refractivity contribution in [1.29, 1.82) is 0 Å². The van der Waals surface area contributed by atoms with Gasteiger partial charge in [-0.25, -0.2) is 18.5 Å². The van der Waals surface area contributed by atoms with Crippen LogP contribution in [-0.4, -0.2) is 53.0 Å². The zero-order valence-corrected chi connectivity index (χ0v) is 18.8. The molecule has 0 aromatic carbocycles. The number of aliphatic hydroxyl groups excluding tert-OH is 1. The lowest BCUT2D eigenvalue weighted by Gasteiger charge is -2.19. The highest BCUT2D eigenvalue weighted by Crippen LogP contribution is 2.66. The minimum Gasteiger partial charge on any atom is -0.390 e. The van der Waals surface area contributed by atoms with Gasteiger partial charge in [0, 0.05) is 17.7 Å². The Hall–Kier alpha value is -0.570. The Morgan fingerprint density at radius 2 is 1.80 bits per heavy atom. The average Bonchev–Trinajstić information content (AvgIpc) is 2.81. The van der Waals surface area contributed by atoms with Gasteiger partial charge in [0.25, 0.3) is 0 Å². The van der Waals surface area contributed by atoms with Crippen molar-refractivity contribution in [2.75, 3.05) is 6.61 Å². The maximum atomic E-state index is 12.1. The second kappa shape index (κ2) is 9.12. The Labute approximate surface area is 173 Å². The Morgan fingerprint density at radius 3 is 2.37 bits per heavy atom. The van der Waals surface area contributed by atoms with Gasteiger partial charge in [-0.3, -0.25) is 14.1 Å². The van der Waals surface area contributed by atoms with Gasteiger partial charge in [0.2, 0.25) is 0 Å². The van der Waals surface area contributed by atoms with Gasteiger partial charge in [0.1, 0.15) is 17.0 Å². The number of phosphoric acid groups is 3. The third kappa shape index (κ3) is 6.71. The number of hydrogen-bond donors (Lipinski definition) is 6. The number of ether oxygens (including phenoxy) is 1. The standard InChI is InChI=1S/C11H19N2O13P3S/c1-5-3-13(11(15)12-9(5)30)10-6(2)8(14)7(24-10)4-23-28(19,20)26-29(21,22)25-27(16,17)18/h3,6-8,10,14H,4H2,1-2H3,(H,19,20)(H,21,22)(H,12,15,30)(H2,16,17,18)/t6-,7+,8?,10+/m1/s1. The molecule has 0 radical (unpaired) electrons. The van der Waals surface area contributed by atoms with Crippen LogP contribution in [0.25, 0.3) is 0 Å². The highest BCUT2D eigenvalue weighted by Gasteiger charge is 2.45. The van der Waals surface area contributed by atoms with E-state index >= 15 is 0 Å². The first-order valence-electron chi connectivity index (χ1n) is 7.95. The Bertz CT molecular complexity index is 1050. The van der Waals surface area contributed by atoms with Gasteiger partial charge < -0.3 is 29.4 Å². The van der Waals surface area contributed by atoms with E-state index < -0.39 is 60.1 Å². The zero-order valence-electron chi connectivity index (χ0n) is 15.3. The predicted molar refractivity (Wildman–Crippen MR) is 99.5 cm³/mol. The largest absolute Gasteiger partial charge is 0.490 e. The van der Waals surface area contributed by atoms with Crippen LogP contribution in [0.3, 0.4) is 0 Å². The molecule has 1 aromatic heterocycles. The predicted octanol–water partition coefficient (Wildman–Crippen LogP) is 0.452. The number of nitrogens with zero attached hydrogens (tertiary/aromatic N) is 1. The highest BCUT2D eigenvalue weighted by molar-refractivity contribution is 7.71. The van der Waals surface area contributed by atoms with Gasteiger partial charge in [0.15, 0.2) is 0 Å². The van der Waals surface area contributed by atoms with Crippen LogP contribution < -0.4 is 5.69 Å². The molecule has 19 heteroatoms. The zero-order chi connectivity index (χ0) is 23.1. The van der Waals surface area contributed by atoms with Crippen molar-refractivity contribution in [2.45, 2.75) is 32.3 Å². The van der Waals surface area contributed by atoms with Gasteiger partial charge in [-0.05, 0) is 6.92 Å². The number of aryl methyl sites for hydroxylation is 1. The number of hydrogen-bond acceptors (Lipinski definition) is 10. The van der Waals surface area contributed by atoms with E-state index in [9.17, 15) is 28.5 Å². The maximum absolute atomic E-state index is 12.1. The van der Waals surface area contributed by atoms with Crippen molar-refractivity contribution in [1.82, 2.24) is 9.55 Å². The van der Waals surface area contributed by atoms with E-state index in [1.54, 1.807) is 6.92 Å². The third-order valence-corrected chi connectivity index (χ3v) is 8.15. The van der Waals surface area contributed by atoms with Crippen molar-refractivity contribution in [3.8, 4) is 0 Å². The molecule has 1 aromatic rings. The number of phosphoric ester groups is 1. The first-order valence-corrected chi connectivity index (χ1v) is 12.9. The van der Waals surface area contributed by atoms with E-state index in [-0.39, 0.29) is 4.64 Å². The van der Waals surface area contributed by atoms with Crippen LogP contribution in [0, 0.1) is 17.5 Å². The first-order chi connectivity index (χ1) is 13.5. The molecule has 0 amide bonds. The van der Waals surface area contributed by atoms with Crippen LogP contribution >= 0.6 is 35.7 Å². The summed E-state index contributed by atoms with van der Waals surface area (Å²) in [5.74, 6) is -0.694. The fraction of sp³-hybridized carbons (Fsp3) is 0.636. The van der Waals surface area contributed by atoms with E-state index in [0.717, 1.165) is 4.57 Å². The molecule has 0 saturated carbocycles. The quantitative estimate of drug-likeness (QED) is 0.205. The molecule has 6 atom stereocenters. The van der Waals surface area contributed by atoms with Crippen LogP contribution in [0.5, 0.6) is 0 Å². The number of aliphatic hydroxyl groups is 1. The lowest BCUT2D eigenvalue weighted by atomic mass is 10.0. The van der Waals surface area contributed by atoms with Gasteiger partial charge in [0.05, 0.1) is 12.7 Å². The molecule has 3 unspecified atom stereocenters. The number of nitrogens with one attached hydrogen (secondary N) is 1. The molecule has 6 N–H and O–H groups in total. The lowest BCUT2D eigenvalue weighted by Crippen LogP contribution is -2.31. The number of rotatable bonds is 8. The van der Waals surface area contributed by atoms with E-state index in [4.69, 9.17) is 31.6 Å². The molecule has 30 heavy (non-hydrogen) atoms. The molecule has 1 aliphatic heterocycles. The topological polar surface area (TPSA) is 227 Å². The molecule has 15 nitrogen and oxygen atoms in total. The number of aromatic nitrogens is 2. The maximum Gasteiger partial charge on any atom is 0.490 e. The monoisotopic (exact) mass is 512 g/mol. The summed E-state index contributed by atoms with van der Waals surface area (Å²) in [5, 5.41) is 10.3. The van der Waals surface area contributed by atoms with Gasteiger partial charge in [-0.1, -0.05) is 19.1 Å². The molecule has 2 heterocycles. The molecular weight excluding hydrogens is 493 g/mol. The molecule has 1 fully saturated rings. The normalized spacial score (nSPS) is 28.8. The minimum absolute atomic E-state index is 0.214. The fourth-order valence-electron chi connectivity index (χ4n) is 2.59. The van der Waals surface area contributed by atoms with Crippen LogP contribution in [-0.2, 0) is 31.6 Å². The summed E-state index contributed by atoms with van der Waals surface area (Å²) < 4.78 is 52.2. The minimum atomic E-state index is -5.66. The SMILES string of the molecule is Cc1cn([C@H]2O[C@@H](COP(=O)(O)OP(=O)(O)OP(=O)(O)O)C(O)[C@H]2C)c(=O)[nH]c1=S. The van der Waals surface area contributed by atoms with E-state index in [1.165, 1.54) is 13.1 Å². The highest BCUT2D eigenvalue weighted by atomic mass is 32.1. The second-order valence-corrected chi connectivity index (χ2v) is 11.1. The Morgan fingerprint density at radius 1 is 1.20 bits per heavy atom. The summed E-state index contributed by atoms with van der Waals surface area (Å²) in [6.45, 7) is 2.32. The third-order valence-electron chi connectivity index (χ3n) is 3.92. The Balaban J connectivity index is 2.09. The summed E-state index contributed by atoms with van der Waals surface area (Å²) in [6.07, 6.45) is -2.17. The molecule has 172 valence electrons. The van der Waals surface area contributed by atoms with E-state index in [0.29, 0.717) is 5.56 Å². The van der Waals surface area contributed by atoms with Crippen LogP contribution in [0.2, 0.25) is 0 Å². The molecule has 0 bridgehead atoms. The summed E-state index contributed by atoms with van der Waals surface area (Å²) in [7, 11) is -16.6. The molecule has 0 aliphatic carbocycles. The Kier molecular flexibility index (Phi) is 7.81. The fourth-order valence-corrected chi connectivity index (χ4v) is 5.76. The van der Waals surface area contributed by atoms with Crippen molar-refractivity contribution in [2.24, 2.45) is 5.92 Å². The van der Waals surface area contributed by atoms with Crippen molar-refractivity contribution in [3.63, 3.8) is 0 Å². The molecule has 1 saturated heterocycles. The molecular formula is C11H19N2O13P3S. The van der Waals surface area contributed by atoms with E-state index in [1.807, 2.05) is 0 Å². The smallest absolute Gasteiger partial charge is 0.390 e. The van der Waals surface area contributed by atoms with Crippen molar-refractivity contribution in [3.05, 3.63) is 26.9 Å². The lowest BCUT2D eigenvalue weighted by molar-refractivity contribution is -0.0468. The molecule has 0 spiro atoms. The molecule has 1 aliphatic rings. The van der Waals surface area contributed by atoms with Crippen molar-refractivity contribution < 1.29 is 56.3 Å². The first kappa shape index (κ1) is 25.7. The van der Waals surface area contributed by atoms with Crippen LogP contribution in [0.1, 0.15) is 18.7 Å². The van der Waals surface area contributed by atoms with Gasteiger partial charge in [-0.2, -0.15) is 8.62 Å². The van der Waals surface area contributed by atoms with Crippen LogP contribution in [0.4, 0.5) is 0 Å². The second-order valence-electron chi connectivity index (χ2n) is 6.28. The summed E-state index contributed by atoms with van der Waals surface area (Å²) in [5.41, 5.74) is -0.0743. The number of aromatic amines is 1. The summed E-state index contributed by atoms with van der Waals surface area (Å²) >= 11 is 4.96. The van der Waals surface area contributed by atoms with E-state index in [2.05, 4.69) is 18.1 Å². The number of H-pyrrole nitrogens is 1. The summed E-state index contributed by atoms with van der Waals surface area (Å²) in [4.78, 5) is 50.1. The van der Waals surface area contributed by atoms with Crippen LogP contribution in [0.15, 0.2) is 11.0 Å². The van der Waals surface area contributed by atoms with Gasteiger partial charge in [-0.15, -0.1) is 0 Å². The average molecular weight is 512 g/mol. The molecule has 2 rings (SSSR count). The summed E-state index contributed by atoms with van der Waals surface area (Å²) in [6, 6.07) is 0.